The van der Waals surface area contributed by atoms with Crippen LogP contribution in [0.15, 0.2) is 17.0 Å². The lowest BCUT2D eigenvalue weighted by molar-refractivity contribution is -0.143. The molecule has 0 saturated carbocycles. The third-order valence-electron chi connectivity index (χ3n) is 2.10. The first-order chi connectivity index (χ1) is 9.15. The zero-order valence-electron chi connectivity index (χ0n) is 9.29. The summed E-state index contributed by atoms with van der Waals surface area (Å²) in [7, 11) is -5.60. The van der Waals surface area contributed by atoms with Crippen LogP contribution in [0.1, 0.15) is 11.1 Å². The average Bonchev–Trinajstić information content (AvgIpc) is 2.23. The maximum atomic E-state index is 12.6. The van der Waals surface area contributed by atoms with E-state index >= 15 is 0 Å². The molecule has 0 fully saturated rings. The number of rotatable bonds is 2. The molecule has 0 saturated heterocycles. The van der Waals surface area contributed by atoms with Gasteiger partial charge in [-0.1, -0.05) is 0 Å². The van der Waals surface area contributed by atoms with E-state index in [1.54, 1.807) is 0 Å². The van der Waals surface area contributed by atoms with Crippen molar-refractivity contribution < 1.29 is 45.5 Å². The molecule has 13 heteroatoms. The fraction of sp³-hybridized carbons (Fsp3) is 0.250. The van der Waals surface area contributed by atoms with Crippen LogP contribution in [0.25, 0.3) is 0 Å². The molecule has 0 amide bonds. The fourth-order valence-electron chi connectivity index (χ4n) is 1.31. The first kappa shape index (κ1) is 18.1. The van der Waals surface area contributed by atoms with Crippen molar-refractivity contribution in [3.63, 3.8) is 0 Å². The number of halogens is 7. The van der Waals surface area contributed by atoms with Crippen molar-refractivity contribution in [2.45, 2.75) is 17.2 Å². The molecule has 0 radical (unpaired) electrons. The Morgan fingerprint density at radius 1 is 0.952 bits per heavy atom. The van der Waals surface area contributed by atoms with Crippen LogP contribution in [0.5, 0.6) is 0 Å². The predicted octanol–water partition coefficient (Wildman–Crippen LogP) is 3.34. The van der Waals surface area contributed by atoms with Crippen molar-refractivity contribution in [2.75, 3.05) is 0 Å². The Labute approximate surface area is 119 Å². The highest BCUT2D eigenvalue weighted by Gasteiger charge is 2.42. The van der Waals surface area contributed by atoms with Gasteiger partial charge in [-0.25, -0.2) is 6.14 Å². The van der Waals surface area contributed by atoms with E-state index in [4.69, 9.17) is 4.55 Å². The van der Waals surface area contributed by atoms with Gasteiger partial charge in [0.1, 0.15) is 8.47 Å². The van der Waals surface area contributed by atoms with Crippen LogP contribution in [0, 0.1) is 3.57 Å². The van der Waals surface area contributed by atoms with E-state index in [-0.39, 0.29) is 6.07 Å². The second kappa shape index (κ2) is 5.35. The lowest BCUT2D eigenvalue weighted by Gasteiger charge is -2.15. The molecule has 1 rings (SSSR count). The summed E-state index contributed by atoms with van der Waals surface area (Å²) in [6, 6.07) is -0.884. The normalized spacial score (nSPS) is 13.7. The quantitative estimate of drug-likeness (QED) is 0.423. The van der Waals surface area contributed by atoms with Crippen LogP contribution in [-0.4, -0.2) is 13.0 Å². The smallest absolute Gasteiger partial charge is 0.282 e. The van der Waals surface area contributed by atoms with Gasteiger partial charge in [-0.3, -0.25) is 4.55 Å². The van der Waals surface area contributed by atoms with E-state index in [0.717, 1.165) is 0 Å². The van der Waals surface area contributed by atoms with Gasteiger partial charge in [-0.05, 0) is 12.1 Å². The van der Waals surface area contributed by atoms with Crippen molar-refractivity contribution in [3.05, 3.63) is 26.8 Å². The number of benzene rings is 1. The van der Waals surface area contributed by atoms with E-state index in [0.29, 0.717) is 0 Å². The van der Waals surface area contributed by atoms with Crippen LogP contribution >= 0.6 is 19.8 Å². The molecule has 0 heterocycles. The van der Waals surface area contributed by atoms with Crippen molar-refractivity contribution in [3.8, 4) is 0 Å². The maximum Gasteiger partial charge on any atom is 0.417 e. The number of hydrogen-bond donors (Lipinski definition) is 1. The predicted molar refractivity (Wildman–Crippen MR) is 60.4 cm³/mol. The van der Waals surface area contributed by atoms with E-state index in [9.17, 15) is 40.9 Å². The van der Waals surface area contributed by atoms with Crippen molar-refractivity contribution >= 4 is 29.9 Å². The Kier molecular flexibility index (Phi) is 4.61. The van der Waals surface area contributed by atoms with Crippen molar-refractivity contribution in [1.29, 1.82) is 0 Å². The lowest BCUT2D eigenvalue weighted by atomic mass is 10.1. The summed E-state index contributed by atoms with van der Waals surface area (Å²) in [6.07, 6.45) is -10.9. The summed E-state index contributed by atoms with van der Waals surface area (Å²) in [5.74, 6) is 0. The van der Waals surface area contributed by atoms with Crippen LogP contribution in [0.4, 0.5) is 26.3 Å². The average molecular weight is 452 g/mol. The number of hydrogen-bond acceptors (Lipinski definition) is 4. The van der Waals surface area contributed by atoms with Gasteiger partial charge in [-0.2, -0.15) is 34.8 Å². The van der Waals surface area contributed by atoms with Crippen LogP contribution in [-0.2, 0) is 28.6 Å². The third kappa shape index (κ3) is 4.03. The van der Waals surface area contributed by atoms with Gasteiger partial charge in [0.25, 0.3) is 10.1 Å². The molecule has 1 aromatic carbocycles. The molecule has 120 valence electrons. The first-order valence-electron chi connectivity index (χ1n) is 4.51. The van der Waals surface area contributed by atoms with Crippen molar-refractivity contribution in [2.24, 2.45) is 0 Å². The molecule has 1 N–H and O–H groups in total. The zero-order valence-corrected chi connectivity index (χ0v) is 12.3. The standard InChI is InChI=1S/C8H3F6IO5S/c9-7(10,11)3-1-4(8(12,13)14)6(15(16)17)5(2-3)21(18,19)20/h1-2H,(H,18,19,20). The Morgan fingerprint density at radius 3 is 1.71 bits per heavy atom. The molecule has 5 nitrogen and oxygen atoms in total. The van der Waals surface area contributed by atoms with Crippen LogP contribution in [0.3, 0.4) is 0 Å². The molecule has 1 aromatic rings. The van der Waals surface area contributed by atoms with Gasteiger partial charge in [-0.15, -0.1) is 0 Å². The molecule has 0 aliphatic carbocycles. The van der Waals surface area contributed by atoms with Crippen molar-refractivity contribution in [1.82, 2.24) is 0 Å². The van der Waals surface area contributed by atoms with Gasteiger partial charge >= 0.3 is 32.1 Å². The monoisotopic (exact) mass is 452 g/mol. The van der Waals surface area contributed by atoms with E-state index in [1.807, 2.05) is 0 Å². The van der Waals surface area contributed by atoms with Gasteiger partial charge < -0.3 is 0 Å². The highest BCUT2D eigenvalue weighted by Crippen LogP contribution is 2.42. The highest BCUT2D eigenvalue weighted by molar-refractivity contribution is 14.2. The summed E-state index contributed by atoms with van der Waals surface area (Å²) in [5.41, 5.74) is -4.34. The third-order valence-corrected chi connectivity index (χ3v) is 5.39. The highest BCUT2D eigenvalue weighted by atomic mass is 127. The molecular formula is C8H3F6IO5S. The Morgan fingerprint density at radius 2 is 1.43 bits per heavy atom. The molecule has 0 bridgehead atoms. The van der Waals surface area contributed by atoms with E-state index in [1.165, 1.54) is 0 Å². The SMILES string of the molecule is O=I(=O)c1c(C(F)(F)F)cc(C(F)(F)F)cc1S(=O)(=O)O. The first-order valence-corrected chi connectivity index (χ1v) is 8.79. The van der Waals surface area contributed by atoms with Crippen LogP contribution < -0.4 is 0 Å². The minimum absolute atomic E-state index is 0.361. The maximum absolute atomic E-state index is 12.6. The summed E-state index contributed by atoms with van der Waals surface area (Å²) in [5, 5.41) is 0. The molecule has 0 unspecified atom stereocenters. The van der Waals surface area contributed by atoms with Gasteiger partial charge in [0.2, 0.25) is 0 Å². The Bertz CT molecular complexity index is 738. The van der Waals surface area contributed by atoms with E-state index in [2.05, 4.69) is 0 Å². The largest absolute Gasteiger partial charge is 0.417 e. The Balaban J connectivity index is 4.03. The topological polar surface area (TPSA) is 88.5 Å². The molecule has 21 heavy (non-hydrogen) atoms. The lowest BCUT2D eigenvalue weighted by Crippen LogP contribution is -2.16. The molecule has 0 atom stereocenters. The zero-order chi connectivity index (χ0) is 16.8. The Hall–Kier alpha value is -0.960. The molecule has 0 aromatic heterocycles. The van der Waals surface area contributed by atoms with Crippen LogP contribution in [0.2, 0.25) is 0 Å². The van der Waals surface area contributed by atoms with E-state index < -0.39 is 67.9 Å². The second-order valence-corrected chi connectivity index (χ2v) is 7.23. The minimum atomic E-state index is -5.60. The summed E-state index contributed by atoms with van der Waals surface area (Å²) in [6.45, 7) is 0. The molecule has 0 aliphatic heterocycles. The molecule has 0 aliphatic rings. The second-order valence-electron chi connectivity index (χ2n) is 3.52. The van der Waals surface area contributed by atoms with Gasteiger partial charge in [0.15, 0.2) is 0 Å². The summed E-state index contributed by atoms with van der Waals surface area (Å²) >= 11 is -5.19. The van der Waals surface area contributed by atoms with Gasteiger partial charge in [0, 0.05) is 0 Å². The number of alkyl halides is 6. The molecular weight excluding hydrogens is 449 g/mol. The fourth-order valence-corrected chi connectivity index (χ4v) is 4.71. The summed E-state index contributed by atoms with van der Waals surface area (Å²) in [4.78, 5) is -1.94. The molecule has 0 spiro atoms. The minimum Gasteiger partial charge on any atom is -0.282 e. The summed E-state index contributed by atoms with van der Waals surface area (Å²) < 4.78 is 126. The van der Waals surface area contributed by atoms with Gasteiger partial charge in [0.05, 0.1) is 11.1 Å².